The van der Waals surface area contributed by atoms with Crippen molar-refractivity contribution < 1.29 is 4.79 Å². The van der Waals surface area contributed by atoms with Gasteiger partial charge in [-0.1, -0.05) is 36.4 Å². The first-order chi connectivity index (χ1) is 14.5. The number of nitrogens with zero attached hydrogens (tertiary/aromatic N) is 3. The number of anilines is 3. The lowest BCUT2D eigenvalue weighted by Gasteiger charge is -2.12. The van der Waals surface area contributed by atoms with Crippen molar-refractivity contribution in [1.29, 1.82) is 0 Å². The Morgan fingerprint density at radius 3 is 2.63 bits per heavy atom. The van der Waals surface area contributed by atoms with Gasteiger partial charge in [-0.25, -0.2) is 0 Å². The van der Waals surface area contributed by atoms with E-state index in [2.05, 4.69) is 25.3 Å². The number of ketones is 1. The number of carbonyl (C=O) groups is 1. The number of thioether (sulfide) groups is 1. The van der Waals surface area contributed by atoms with E-state index in [1.54, 1.807) is 0 Å². The third-order valence-corrected chi connectivity index (χ3v) is 5.84. The van der Waals surface area contributed by atoms with Gasteiger partial charge in [-0.3, -0.25) is 4.79 Å². The number of rotatable bonds is 7. The molecule has 0 aliphatic heterocycles. The number of fused-ring (bicyclic) bond motifs is 1. The van der Waals surface area contributed by atoms with Gasteiger partial charge in [0.15, 0.2) is 5.78 Å². The van der Waals surface area contributed by atoms with E-state index in [4.69, 9.17) is 5.73 Å². The second-order valence-corrected chi connectivity index (χ2v) is 8.24. The highest BCUT2D eigenvalue weighted by atomic mass is 32.2. The first-order valence-electron chi connectivity index (χ1n) is 9.57. The van der Waals surface area contributed by atoms with Crippen LogP contribution < -0.4 is 11.1 Å². The number of nitrogens with two attached hydrogens (primary N) is 1. The van der Waals surface area contributed by atoms with E-state index in [1.807, 2.05) is 68.4 Å². The Labute approximate surface area is 178 Å². The molecule has 4 aromatic rings. The number of carbonyl (C=O) groups excluding carboxylic acids is 1. The zero-order chi connectivity index (χ0) is 21.1. The lowest BCUT2D eigenvalue weighted by atomic mass is 10.1. The van der Waals surface area contributed by atoms with E-state index in [0.29, 0.717) is 17.5 Å². The molecule has 2 aromatic carbocycles. The molecular formula is C22H22N6OS. The van der Waals surface area contributed by atoms with Crippen LogP contribution in [0.2, 0.25) is 0 Å². The van der Waals surface area contributed by atoms with Gasteiger partial charge in [-0.05, 0) is 32.0 Å². The fraction of sp³-hybridized carbons (Fsp3) is 0.182. The van der Waals surface area contributed by atoms with E-state index in [-0.39, 0.29) is 17.0 Å². The van der Waals surface area contributed by atoms with E-state index in [1.165, 1.54) is 11.8 Å². The van der Waals surface area contributed by atoms with E-state index in [0.717, 1.165) is 27.8 Å². The minimum atomic E-state index is -0.124. The Balaban J connectivity index is 1.48. The summed E-state index contributed by atoms with van der Waals surface area (Å²) < 4.78 is 0. The van der Waals surface area contributed by atoms with Crippen LogP contribution in [0, 0.1) is 6.92 Å². The third-order valence-electron chi connectivity index (χ3n) is 4.70. The fourth-order valence-corrected chi connectivity index (χ4v) is 4.08. The number of hydrogen-bond donors (Lipinski definition) is 3. The summed E-state index contributed by atoms with van der Waals surface area (Å²) >= 11 is 1.48. The Morgan fingerprint density at radius 2 is 1.83 bits per heavy atom. The molecule has 8 heteroatoms. The van der Waals surface area contributed by atoms with Crippen LogP contribution in [0.25, 0.3) is 10.9 Å². The highest BCUT2D eigenvalue weighted by Crippen LogP contribution is 2.29. The molecule has 0 aliphatic rings. The Bertz CT molecular complexity index is 1190. The van der Waals surface area contributed by atoms with Crippen molar-refractivity contribution in [1.82, 2.24) is 19.9 Å². The Hall–Kier alpha value is -3.39. The standard InChI is InChI=1S/C22H22N6OS/c1-13-19(16-10-6-7-11-17(16)24-13)18(29)12-30-14(2)20-26-21(23)28-22(27-20)25-15-8-4-3-5-9-15/h3-11,14,24H,12H2,1-2H3,(H3,23,25,26,27,28). The van der Waals surface area contributed by atoms with Crippen LogP contribution in [0.4, 0.5) is 17.6 Å². The molecule has 4 N–H and O–H groups in total. The summed E-state index contributed by atoms with van der Waals surface area (Å²) in [5, 5.41) is 3.96. The fourth-order valence-electron chi connectivity index (χ4n) is 3.28. The number of nitrogen functional groups attached to an aromatic ring is 1. The van der Waals surface area contributed by atoms with Crippen molar-refractivity contribution in [2.45, 2.75) is 19.1 Å². The highest BCUT2D eigenvalue weighted by Gasteiger charge is 2.19. The van der Waals surface area contributed by atoms with Gasteiger partial charge in [-0.2, -0.15) is 15.0 Å². The van der Waals surface area contributed by atoms with Gasteiger partial charge in [0.05, 0.1) is 11.0 Å². The molecule has 0 amide bonds. The average molecular weight is 419 g/mol. The van der Waals surface area contributed by atoms with Crippen molar-refractivity contribution in [2.24, 2.45) is 0 Å². The molecule has 0 saturated heterocycles. The summed E-state index contributed by atoms with van der Waals surface area (Å²) in [6, 6.07) is 17.4. The first kappa shape index (κ1) is 19.9. The van der Waals surface area contributed by atoms with Crippen LogP contribution in [-0.2, 0) is 0 Å². The zero-order valence-electron chi connectivity index (χ0n) is 16.7. The van der Waals surface area contributed by atoms with Crippen molar-refractivity contribution >= 4 is 46.0 Å². The molecule has 2 heterocycles. The maximum absolute atomic E-state index is 12.9. The monoisotopic (exact) mass is 418 g/mol. The smallest absolute Gasteiger partial charge is 0.232 e. The van der Waals surface area contributed by atoms with Crippen molar-refractivity contribution in [3.63, 3.8) is 0 Å². The molecule has 0 fully saturated rings. The molecule has 0 saturated carbocycles. The number of aromatic nitrogens is 4. The number of H-pyrrole nitrogens is 1. The molecule has 0 aliphatic carbocycles. The molecule has 0 bridgehead atoms. The lowest BCUT2D eigenvalue weighted by Crippen LogP contribution is -2.10. The van der Waals surface area contributed by atoms with Crippen LogP contribution >= 0.6 is 11.8 Å². The number of Topliss-reactive ketones (excluding diaryl/α,β-unsaturated/α-hetero) is 1. The number of benzene rings is 2. The van der Waals surface area contributed by atoms with Gasteiger partial charge >= 0.3 is 0 Å². The number of nitrogens with one attached hydrogen (secondary N) is 2. The maximum Gasteiger partial charge on any atom is 0.232 e. The summed E-state index contributed by atoms with van der Waals surface area (Å²) in [5.74, 6) is 1.46. The summed E-state index contributed by atoms with van der Waals surface area (Å²) in [4.78, 5) is 29.1. The average Bonchev–Trinajstić information content (AvgIpc) is 3.08. The van der Waals surface area contributed by atoms with E-state index < -0.39 is 0 Å². The van der Waals surface area contributed by atoms with Crippen molar-refractivity contribution in [3.8, 4) is 0 Å². The number of aryl methyl sites for hydroxylation is 1. The molecule has 4 rings (SSSR count). The molecule has 152 valence electrons. The number of aromatic amines is 1. The van der Waals surface area contributed by atoms with Gasteiger partial charge < -0.3 is 16.0 Å². The van der Waals surface area contributed by atoms with Gasteiger partial charge in [0.2, 0.25) is 11.9 Å². The van der Waals surface area contributed by atoms with Crippen LogP contribution in [0.1, 0.15) is 34.0 Å². The van der Waals surface area contributed by atoms with Crippen LogP contribution in [0.5, 0.6) is 0 Å². The number of hydrogen-bond acceptors (Lipinski definition) is 7. The predicted molar refractivity (Wildman–Crippen MR) is 122 cm³/mol. The molecule has 1 unspecified atom stereocenters. The van der Waals surface area contributed by atoms with Gasteiger partial charge in [-0.15, -0.1) is 11.8 Å². The zero-order valence-corrected chi connectivity index (χ0v) is 17.5. The summed E-state index contributed by atoms with van der Waals surface area (Å²) in [7, 11) is 0. The minimum absolute atomic E-state index is 0.0754. The lowest BCUT2D eigenvalue weighted by molar-refractivity contribution is 0.102. The second-order valence-electron chi connectivity index (χ2n) is 6.91. The van der Waals surface area contributed by atoms with Crippen LogP contribution in [-0.4, -0.2) is 31.5 Å². The predicted octanol–water partition coefficient (Wildman–Crippen LogP) is 4.66. The van der Waals surface area contributed by atoms with Crippen LogP contribution in [0.15, 0.2) is 54.6 Å². The van der Waals surface area contributed by atoms with Gasteiger partial charge in [0.25, 0.3) is 0 Å². The third kappa shape index (κ3) is 4.28. The molecule has 2 aromatic heterocycles. The number of para-hydroxylation sites is 2. The normalized spacial score (nSPS) is 12.1. The molecule has 0 spiro atoms. The second kappa shape index (κ2) is 8.54. The molecule has 30 heavy (non-hydrogen) atoms. The maximum atomic E-state index is 12.9. The molecular weight excluding hydrogens is 396 g/mol. The summed E-state index contributed by atoms with van der Waals surface area (Å²) in [6.45, 7) is 3.89. The molecule has 0 radical (unpaired) electrons. The van der Waals surface area contributed by atoms with Crippen molar-refractivity contribution in [3.05, 3.63) is 71.7 Å². The quantitative estimate of drug-likeness (QED) is 0.374. The SMILES string of the molecule is Cc1[nH]c2ccccc2c1C(=O)CSC(C)c1nc(N)nc(Nc2ccccc2)n1. The summed E-state index contributed by atoms with van der Waals surface area (Å²) in [6.07, 6.45) is 0. The van der Waals surface area contributed by atoms with Gasteiger partial charge in [0.1, 0.15) is 5.82 Å². The van der Waals surface area contributed by atoms with Crippen LogP contribution in [0.3, 0.4) is 0 Å². The van der Waals surface area contributed by atoms with Crippen molar-refractivity contribution in [2.75, 3.05) is 16.8 Å². The Morgan fingerprint density at radius 1 is 1.10 bits per heavy atom. The van der Waals surface area contributed by atoms with E-state index in [9.17, 15) is 4.79 Å². The topological polar surface area (TPSA) is 110 Å². The largest absolute Gasteiger partial charge is 0.368 e. The van der Waals surface area contributed by atoms with E-state index >= 15 is 0 Å². The first-order valence-corrected chi connectivity index (χ1v) is 10.6. The van der Waals surface area contributed by atoms with Gasteiger partial charge in [0, 0.05) is 27.8 Å². The minimum Gasteiger partial charge on any atom is -0.368 e. The molecule has 7 nitrogen and oxygen atoms in total. The highest BCUT2D eigenvalue weighted by molar-refractivity contribution is 8.00. The summed E-state index contributed by atoms with van der Waals surface area (Å²) in [5.41, 5.74) is 9.34. The molecule has 1 atom stereocenters. The Kier molecular flexibility index (Phi) is 5.67.